The minimum Gasteiger partial charge on any atom is -0.481 e. The number of benzene rings is 1. The van der Waals surface area contributed by atoms with E-state index in [9.17, 15) is 14.7 Å². The zero-order valence-electron chi connectivity index (χ0n) is 14.9. The van der Waals surface area contributed by atoms with Crippen LogP contribution in [0.15, 0.2) is 30.9 Å². The Kier molecular flexibility index (Phi) is 5.03. The van der Waals surface area contributed by atoms with Crippen LogP contribution in [0.2, 0.25) is 0 Å². The summed E-state index contributed by atoms with van der Waals surface area (Å²) in [4.78, 5) is 30.2. The number of likely N-dealkylation sites (tertiary alicyclic amines) is 1. The van der Waals surface area contributed by atoms with Crippen molar-refractivity contribution < 1.29 is 19.4 Å². The van der Waals surface area contributed by atoms with Gasteiger partial charge in [-0.3, -0.25) is 9.59 Å². The number of carboxylic acids is 1. The molecule has 1 amide bonds. The number of aliphatic carboxylic acids is 1. The summed E-state index contributed by atoms with van der Waals surface area (Å²) >= 11 is 0. The van der Waals surface area contributed by atoms with E-state index in [0.717, 1.165) is 11.3 Å². The highest BCUT2D eigenvalue weighted by molar-refractivity contribution is 5.95. The van der Waals surface area contributed by atoms with Crippen LogP contribution in [0, 0.1) is 12.3 Å². The number of amides is 1. The largest absolute Gasteiger partial charge is 0.481 e. The van der Waals surface area contributed by atoms with Crippen LogP contribution in [0.4, 0.5) is 0 Å². The molecule has 1 N–H and O–H groups in total. The summed E-state index contributed by atoms with van der Waals surface area (Å²) < 4.78 is 6.76. The molecule has 3 rings (SSSR count). The maximum absolute atomic E-state index is 12.9. The molecule has 1 atom stereocenters. The van der Waals surface area contributed by atoms with Gasteiger partial charge in [-0.2, -0.15) is 5.10 Å². The van der Waals surface area contributed by atoms with E-state index in [1.807, 2.05) is 13.0 Å². The first-order chi connectivity index (χ1) is 12.5. The Morgan fingerprint density at radius 2 is 2.19 bits per heavy atom. The van der Waals surface area contributed by atoms with Crippen LogP contribution in [0.1, 0.15) is 28.8 Å². The number of rotatable bonds is 5. The minimum atomic E-state index is -1.04. The molecule has 0 radical (unpaired) electrons. The third-order valence-corrected chi connectivity index (χ3v) is 4.85. The molecule has 8 nitrogen and oxygen atoms in total. The van der Waals surface area contributed by atoms with Crippen molar-refractivity contribution in [2.24, 2.45) is 5.41 Å². The van der Waals surface area contributed by atoms with E-state index in [1.54, 1.807) is 28.0 Å². The molecule has 0 saturated carbocycles. The van der Waals surface area contributed by atoms with Crippen molar-refractivity contribution in [3.05, 3.63) is 42.0 Å². The number of piperidine rings is 1. The van der Waals surface area contributed by atoms with Crippen molar-refractivity contribution in [2.75, 3.05) is 26.8 Å². The Hall–Kier alpha value is -2.74. The second-order valence-electron chi connectivity index (χ2n) is 6.69. The van der Waals surface area contributed by atoms with Gasteiger partial charge < -0.3 is 14.7 Å². The summed E-state index contributed by atoms with van der Waals surface area (Å²) in [5.74, 6) is -1.09. The maximum Gasteiger partial charge on any atom is 0.313 e. The molecule has 0 bridgehead atoms. The van der Waals surface area contributed by atoms with Crippen molar-refractivity contribution in [1.29, 1.82) is 0 Å². The van der Waals surface area contributed by atoms with Crippen molar-refractivity contribution in [3.8, 4) is 5.69 Å². The standard InChI is InChI=1S/C18H22N4O4/c1-13-8-14(4-5-15(13)22-12-19-11-20-22)16(23)21-7-3-6-18(9-21,10-26-2)17(24)25/h4-5,8,11-12H,3,6-7,9-10H2,1-2H3,(H,24,25). The summed E-state index contributed by atoms with van der Waals surface area (Å²) in [6, 6.07) is 5.35. The lowest BCUT2D eigenvalue weighted by Crippen LogP contribution is -2.52. The lowest BCUT2D eigenvalue weighted by Gasteiger charge is -2.39. The van der Waals surface area contributed by atoms with Crippen molar-refractivity contribution in [2.45, 2.75) is 19.8 Å². The molecular formula is C18H22N4O4. The van der Waals surface area contributed by atoms with Crippen LogP contribution in [0.25, 0.3) is 5.69 Å². The van der Waals surface area contributed by atoms with Gasteiger partial charge in [0.2, 0.25) is 0 Å². The van der Waals surface area contributed by atoms with Gasteiger partial charge in [-0.05, 0) is 43.5 Å². The topological polar surface area (TPSA) is 97.6 Å². The lowest BCUT2D eigenvalue weighted by atomic mass is 9.80. The van der Waals surface area contributed by atoms with Gasteiger partial charge >= 0.3 is 5.97 Å². The zero-order chi connectivity index (χ0) is 18.7. The molecule has 2 heterocycles. The van der Waals surface area contributed by atoms with Crippen molar-refractivity contribution in [3.63, 3.8) is 0 Å². The monoisotopic (exact) mass is 358 g/mol. The predicted molar refractivity (Wildman–Crippen MR) is 93.2 cm³/mol. The molecule has 0 aliphatic carbocycles. The molecule has 1 aliphatic rings. The molecule has 8 heteroatoms. The number of hydrogen-bond donors (Lipinski definition) is 1. The highest BCUT2D eigenvalue weighted by atomic mass is 16.5. The molecule has 26 heavy (non-hydrogen) atoms. The Bertz CT molecular complexity index is 802. The fourth-order valence-corrected chi connectivity index (χ4v) is 3.50. The van der Waals surface area contributed by atoms with Gasteiger partial charge in [0.1, 0.15) is 18.1 Å². The Balaban J connectivity index is 1.82. The van der Waals surface area contributed by atoms with E-state index in [2.05, 4.69) is 10.1 Å². The molecule has 1 aromatic heterocycles. The average Bonchev–Trinajstić information content (AvgIpc) is 3.15. The smallest absolute Gasteiger partial charge is 0.313 e. The normalized spacial score (nSPS) is 20.2. The Labute approximate surface area is 151 Å². The highest BCUT2D eigenvalue weighted by Crippen LogP contribution is 2.31. The number of carbonyl (C=O) groups is 2. The van der Waals surface area contributed by atoms with Crippen molar-refractivity contribution >= 4 is 11.9 Å². The van der Waals surface area contributed by atoms with E-state index in [4.69, 9.17) is 4.74 Å². The quantitative estimate of drug-likeness (QED) is 0.870. The first kappa shape index (κ1) is 18.1. The van der Waals surface area contributed by atoms with Crippen LogP contribution in [0.5, 0.6) is 0 Å². The van der Waals surface area contributed by atoms with Gasteiger partial charge in [0.05, 0.1) is 12.3 Å². The van der Waals surface area contributed by atoms with Crippen LogP contribution in [-0.4, -0.2) is 63.5 Å². The third-order valence-electron chi connectivity index (χ3n) is 4.85. The number of aryl methyl sites for hydroxylation is 1. The van der Waals surface area contributed by atoms with Gasteiger partial charge in [-0.25, -0.2) is 9.67 Å². The zero-order valence-corrected chi connectivity index (χ0v) is 14.9. The Morgan fingerprint density at radius 3 is 2.81 bits per heavy atom. The molecular weight excluding hydrogens is 336 g/mol. The SMILES string of the molecule is COCC1(C(=O)O)CCCN(C(=O)c2ccc(-n3cncn3)c(C)c2)C1. The van der Waals surface area contributed by atoms with E-state index in [0.29, 0.717) is 24.9 Å². The lowest BCUT2D eigenvalue weighted by molar-refractivity contribution is -0.155. The second kappa shape index (κ2) is 7.25. The summed E-state index contributed by atoms with van der Waals surface area (Å²) in [6.07, 6.45) is 4.19. The average molecular weight is 358 g/mol. The number of aromatic nitrogens is 3. The van der Waals surface area contributed by atoms with Gasteiger partial charge in [-0.1, -0.05) is 0 Å². The summed E-state index contributed by atoms with van der Waals surface area (Å²) in [5.41, 5.74) is 1.22. The van der Waals surface area contributed by atoms with Gasteiger partial charge in [0, 0.05) is 25.8 Å². The molecule has 2 aromatic rings. The number of methoxy groups -OCH3 is 1. The maximum atomic E-state index is 12.9. The Morgan fingerprint density at radius 1 is 1.38 bits per heavy atom. The fraction of sp³-hybridized carbons (Fsp3) is 0.444. The number of nitrogens with zero attached hydrogens (tertiary/aromatic N) is 4. The minimum absolute atomic E-state index is 0.0936. The molecule has 1 aliphatic heterocycles. The number of hydrogen-bond acceptors (Lipinski definition) is 5. The number of ether oxygens (including phenoxy) is 1. The van der Waals surface area contributed by atoms with E-state index >= 15 is 0 Å². The van der Waals surface area contributed by atoms with Crippen LogP contribution >= 0.6 is 0 Å². The molecule has 1 fully saturated rings. The molecule has 1 saturated heterocycles. The van der Waals surface area contributed by atoms with E-state index in [1.165, 1.54) is 13.4 Å². The first-order valence-electron chi connectivity index (χ1n) is 8.44. The number of carbonyl (C=O) groups excluding carboxylic acids is 1. The van der Waals surface area contributed by atoms with Crippen LogP contribution < -0.4 is 0 Å². The van der Waals surface area contributed by atoms with Crippen LogP contribution in [0.3, 0.4) is 0 Å². The van der Waals surface area contributed by atoms with Gasteiger partial charge in [0.15, 0.2) is 0 Å². The van der Waals surface area contributed by atoms with Crippen molar-refractivity contribution in [1.82, 2.24) is 19.7 Å². The molecule has 1 aromatic carbocycles. The summed E-state index contributed by atoms with van der Waals surface area (Å²) in [7, 11) is 1.48. The fourth-order valence-electron chi connectivity index (χ4n) is 3.50. The first-order valence-corrected chi connectivity index (χ1v) is 8.44. The van der Waals surface area contributed by atoms with Gasteiger partial charge in [-0.15, -0.1) is 0 Å². The predicted octanol–water partition coefficient (Wildman–Crippen LogP) is 1.53. The third kappa shape index (κ3) is 3.32. The second-order valence-corrected chi connectivity index (χ2v) is 6.69. The molecule has 1 unspecified atom stereocenters. The number of carboxylic acid groups (broad SMARTS) is 1. The highest BCUT2D eigenvalue weighted by Gasteiger charge is 2.44. The van der Waals surface area contributed by atoms with E-state index in [-0.39, 0.29) is 19.1 Å². The van der Waals surface area contributed by atoms with E-state index < -0.39 is 11.4 Å². The van der Waals surface area contributed by atoms with Gasteiger partial charge in [0.25, 0.3) is 5.91 Å². The molecule has 138 valence electrons. The molecule has 0 spiro atoms. The summed E-state index contributed by atoms with van der Waals surface area (Å²) in [6.45, 7) is 2.69. The summed E-state index contributed by atoms with van der Waals surface area (Å²) in [5, 5.41) is 13.7. The van der Waals surface area contributed by atoms with Crippen LogP contribution in [-0.2, 0) is 9.53 Å².